The number of nitro benzene ring substituents is 1. The lowest BCUT2D eigenvalue weighted by molar-refractivity contribution is -0.384. The second-order valence-corrected chi connectivity index (χ2v) is 6.88. The van der Waals surface area contributed by atoms with E-state index < -0.39 is 16.6 Å². The number of hydrogen-bond acceptors (Lipinski definition) is 6. The number of non-ortho nitro benzene ring substituents is 1. The molecule has 1 amide bonds. The lowest BCUT2D eigenvalue weighted by Gasteiger charge is -2.11. The van der Waals surface area contributed by atoms with E-state index in [2.05, 4.69) is 15.4 Å². The van der Waals surface area contributed by atoms with E-state index >= 15 is 0 Å². The Kier molecular flexibility index (Phi) is 5.54. The van der Waals surface area contributed by atoms with Crippen LogP contribution in [0.5, 0.6) is 0 Å². The van der Waals surface area contributed by atoms with Crippen molar-refractivity contribution in [3.05, 3.63) is 112 Å². The number of carbonyl (C=O) groups is 2. The fourth-order valence-corrected chi connectivity index (χ4v) is 3.22. The van der Waals surface area contributed by atoms with Gasteiger partial charge >= 0.3 is 0 Å². The number of pyridine rings is 1. The highest BCUT2D eigenvalue weighted by Gasteiger charge is 2.22. The molecule has 0 saturated carbocycles. The van der Waals surface area contributed by atoms with Gasteiger partial charge in [0.2, 0.25) is 0 Å². The largest absolute Gasteiger partial charge is 0.321 e. The minimum absolute atomic E-state index is 0.0218. The fraction of sp³-hybridized carbons (Fsp3) is 0.0435. The van der Waals surface area contributed by atoms with E-state index in [1.807, 2.05) is 6.07 Å². The van der Waals surface area contributed by atoms with Crippen LogP contribution < -0.4 is 5.32 Å². The Labute approximate surface area is 182 Å². The van der Waals surface area contributed by atoms with Crippen molar-refractivity contribution < 1.29 is 14.5 Å². The number of rotatable bonds is 6. The van der Waals surface area contributed by atoms with Crippen LogP contribution in [0.1, 0.15) is 32.0 Å². The number of benzene rings is 2. The van der Waals surface area contributed by atoms with E-state index in [0.717, 1.165) is 6.07 Å². The average Bonchev–Trinajstić information content (AvgIpc) is 3.21. The van der Waals surface area contributed by atoms with Gasteiger partial charge in [0.15, 0.2) is 11.6 Å². The highest BCUT2D eigenvalue weighted by Crippen LogP contribution is 2.26. The maximum atomic E-state index is 13.0. The number of nitrogens with zero attached hydrogens (tertiary/aromatic N) is 4. The Morgan fingerprint density at radius 3 is 2.44 bits per heavy atom. The summed E-state index contributed by atoms with van der Waals surface area (Å²) in [5.74, 6) is -0.384. The minimum atomic E-state index is -0.589. The fourth-order valence-electron chi connectivity index (χ4n) is 3.22. The predicted octanol–water partition coefficient (Wildman–Crippen LogP) is 3.97. The molecule has 2 heterocycles. The summed E-state index contributed by atoms with van der Waals surface area (Å²) in [7, 11) is 0. The normalized spacial score (nSPS) is 10.5. The van der Waals surface area contributed by atoms with Gasteiger partial charge in [0.25, 0.3) is 11.6 Å². The number of anilines is 1. The van der Waals surface area contributed by atoms with Crippen LogP contribution in [-0.4, -0.2) is 31.4 Å². The Bertz CT molecular complexity index is 1320. The van der Waals surface area contributed by atoms with E-state index in [0.29, 0.717) is 17.1 Å². The maximum absolute atomic E-state index is 13.0. The van der Waals surface area contributed by atoms with Gasteiger partial charge in [0.1, 0.15) is 0 Å². The van der Waals surface area contributed by atoms with E-state index in [4.69, 9.17) is 0 Å². The van der Waals surface area contributed by atoms with Crippen LogP contribution >= 0.6 is 0 Å². The molecule has 9 nitrogen and oxygen atoms in total. The molecular formula is C23H17N5O4. The molecule has 0 aliphatic rings. The van der Waals surface area contributed by atoms with E-state index in [1.54, 1.807) is 55.6 Å². The number of amides is 1. The standard InChI is InChI=1S/C23H17N5O4/c1-15-19(14-25-27(15)21-9-5-6-12-24-21)23(30)26-20-11-10-17(28(31)32)13-18(20)22(29)16-7-3-2-4-8-16/h2-14H,1H3,(H,26,30). The molecule has 0 radical (unpaired) electrons. The van der Waals surface area contributed by atoms with E-state index in [1.165, 1.54) is 23.0 Å². The first-order chi connectivity index (χ1) is 15.5. The van der Waals surface area contributed by atoms with Crippen LogP contribution in [0.4, 0.5) is 11.4 Å². The van der Waals surface area contributed by atoms with Crippen LogP contribution in [-0.2, 0) is 0 Å². The molecule has 4 rings (SSSR count). The molecule has 0 atom stereocenters. The van der Waals surface area contributed by atoms with Crippen LogP contribution in [0.3, 0.4) is 0 Å². The van der Waals surface area contributed by atoms with Gasteiger partial charge in [0, 0.05) is 23.9 Å². The van der Waals surface area contributed by atoms with Crippen molar-refractivity contribution in [3.63, 3.8) is 0 Å². The summed E-state index contributed by atoms with van der Waals surface area (Å²) in [4.78, 5) is 40.9. The molecular weight excluding hydrogens is 410 g/mol. The van der Waals surface area contributed by atoms with Gasteiger partial charge in [-0.3, -0.25) is 19.7 Å². The van der Waals surface area contributed by atoms with Crippen molar-refractivity contribution in [1.82, 2.24) is 14.8 Å². The number of hydrogen-bond donors (Lipinski definition) is 1. The monoisotopic (exact) mass is 427 g/mol. The second-order valence-electron chi connectivity index (χ2n) is 6.88. The zero-order chi connectivity index (χ0) is 22.7. The zero-order valence-corrected chi connectivity index (χ0v) is 16.9. The highest BCUT2D eigenvalue weighted by molar-refractivity contribution is 6.15. The molecule has 0 bridgehead atoms. The van der Waals surface area contributed by atoms with Gasteiger partial charge in [-0.2, -0.15) is 5.10 Å². The van der Waals surface area contributed by atoms with Crippen LogP contribution in [0.15, 0.2) is 79.1 Å². The van der Waals surface area contributed by atoms with Crippen molar-refractivity contribution in [2.75, 3.05) is 5.32 Å². The second kappa shape index (κ2) is 8.60. The lowest BCUT2D eigenvalue weighted by Crippen LogP contribution is -2.16. The quantitative estimate of drug-likeness (QED) is 0.282. The van der Waals surface area contributed by atoms with Crippen LogP contribution in [0.25, 0.3) is 5.82 Å². The summed E-state index contributed by atoms with van der Waals surface area (Å²) < 4.78 is 1.53. The molecule has 0 spiro atoms. The predicted molar refractivity (Wildman–Crippen MR) is 117 cm³/mol. The molecule has 1 N–H and O–H groups in total. The Hall–Kier alpha value is -4.66. The molecule has 158 valence electrons. The van der Waals surface area contributed by atoms with Gasteiger partial charge in [-0.15, -0.1) is 0 Å². The molecule has 0 fully saturated rings. The summed E-state index contributed by atoms with van der Waals surface area (Å²) in [6.07, 6.45) is 3.03. The van der Waals surface area contributed by atoms with Crippen molar-refractivity contribution in [1.29, 1.82) is 0 Å². The van der Waals surface area contributed by atoms with Gasteiger partial charge < -0.3 is 5.32 Å². The van der Waals surface area contributed by atoms with Crippen LogP contribution in [0, 0.1) is 17.0 Å². The molecule has 0 aliphatic heterocycles. The van der Waals surface area contributed by atoms with Gasteiger partial charge in [-0.25, -0.2) is 9.67 Å². The van der Waals surface area contributed by atoms with Crippen molar-refractivity contribution in [2.45, 2.75) is 6.92 Å². The highest BCUT2D eigenvalue weighted by atomic mass is 16.6. The maximum Gasteiger partial charge on any atom is 0.270 e. The smallest absolute Gasteiger partial charge is 0.270 e. The third-order valence-corrected chi connectivity index (χ3v) is 4.86. The molecule has 9 heteroatoms. The first-order valence-corrected chi connectivity index (χ1v) is 9.61. The number of nitrogens with one attached hydrogen (secondary N) is 1. The molecule has 4 aromatic rings. The van der Waals surface area contributed by atoms with E-state index in [9.17, 15) is 19.7 Å². The Morgan fingerprint density at radius 2 is 1.75 bits per heavy atom. The van der Waals surface area contributed by atoms with E-state index in [-0.39, 0.29) is 22.5 Å². The van der Waals surface area contributed by atoms with Crippen molar-refractivity contribution in [2.24, 2.45) is 0 Å². The number of nitro groups is 1. The summed E-state index contributed by atoms with van der Waals surface area (Å²) >= 11 is 0. The third kappa shape index (κ3) is 3.99. The van der Waals surface area contributed by atoms with Gasteiger partial charge in [0.05, 0.1) is 33.6 Å². The number of aromatic nitrogens is 3. The number of carbonyl (C=O) groups excluding carboxylic acids is 2. The van der Waals surface area contributed by atoms with Gasteiger partial charge in [-0.1, -0.05) is 36.4 Å². The first kappa shape index (κ1) is 20.6. The van der Waals surface area contributed by atoms with Gasteiger partial charge in [-0.05, 0) is 25.1 Å². The Balaban J connectivity index is 1.69. The average molecular weight is 427 g/mol. The molecule has 0 aliphatic carbocycles. The topological polar surface area (TPSA) is 120 Å². The molecule has 0 unspecified atom stereocenters. The first-order valence-electron chi connectivity index (χ1n) is 9.61. The SMILES string of the molecule is Cc1c(C(=O)Nc2ccc([N+](=O)[O-])cc2C(=O)c2ccccc2)cnn1-c1ccccn1. The lowest BCUT2D eigenvalue weighted by atomic mass is 10.0. The summed E-state index contributed by atoms with van der Waals surface area (Å²) in [5.41, 5.74) is 1.13. The van der Waals surface area contributed by atoms with Crippen molar-refractivity contribution >= 4 is 23.1 Å². The molecule has 2 aromatic heterocycles. The van der Waals surface area contributed by atoms with Crippen molar-refractivity contribution in [3.8, 4) is 5.82 Å². The molecule has 32 heavy (non-hydrogen) atoms. The van der Waals surface area contributed by atoms with Crippen LogP contribution in [0.2, 0.25) is 0 Å². The zero-order valence-electron chi connectivity index (χ0n) is 16.9. The third-order valence-electron chi connectivity index (χ3n) is 4.86. The Morgan fingerprint density at radius 1 is 1.00 bits per heavy atom. The number of ketones is 1. The molecule has 2 aromatic carbocycles. The summed E-state index contributed by atoms with van der Waals surface area (Å²) in [6.45, 7) is 1.72. The minimum Gasteiger partial charge on any atom is -0.321 e. The molecule has 0 saturated heterocycles. The summed E-state index contributed by atoms with van der Waals surface area (Å²) in [5, 5.41) is 18.2. The summed E-state index contributed by atoms with van der Waals surface area (Å²) in [6, 6.07) is 17.4.